The molecule has 1 aliphatic carbocycles. The van der Waals surface area contributed by atoms with Crippen LogP contribution in [-0.2, 0) is 9.84 Å². The lowest BCUT2D eigenvalue weighted by Crippen LogP contribution is -2.07. The Kier molecular flexibility index (Phi) is 2.40. The van der Waals surface area contributed by atoms with E-state index in [1.807, 2.05) is 12.1 Å². The lowest BCUT2D eigenvalue weighted by atomic mass is 10.0. The van der Waals surface area contributed by atoms with Crippen LogP contribution < -0.4 is 5.73 Å². The Morgan fingerprint density at radius 1 is 1.25 bits per heavy atom. The zero-order valence-electron chi connectivity index (χ0n) is 9.77. The van der Waals surface area contributed by atoms with E-state index in [2.05, 4.69) is 13.8 Å². The standard InChI is InChI=1S/C12H17NO2S/c1-12(2)10(11(12)13)8-6-4-5-7-9(8)16(3,14)15/h4-7,10-11H,13H2,1-3H3/t10-,11-/m0/s1. The molecule has 2 atom stereocenters. The number of nitrogens with two attached hydrogens (primary N) is 1. The van der Waals surface area contributed by atoms with Crippen LogP contribution in [0, 0.1) is 5.41 Å². The first-order valence-corrected chi connectivity index (χ1v) is 7.20. The third kappa shape index (κ3) is 1.66. The summed E-state index contributed by atoms with van der Waals surface area (Å²) in [6.45, 7) is 4.14. The second-order valence-corrected chi connectivity index (χ2v) is 7.12. The van der Waals surface area contributed by atoms with Gasteiger partial charge in [0.15, 0.2) is 9.84 Å². The second-order valence-electron chi connectivity index (χ2n) is 5.13. The summed E-state index contributed by atoms with van der Waals surface area (Å²) in [6.07, 6.45) is 1.24. The minimum Gasteiger partial charge on any atom is -0.327 e. The fourth-order valence-electron chi connectivity index (χ4n) is 2.35. The van der Waals surface area contributed by atoms with E-state index in [1.54, 1.807) is 12.1 Å². The monoisotopic (exact) mass is 239 g/mol. The minimum absolute atomic E-state index is 0.000787. The molecular weight excluding hydrogens is 222 g/mol. The molecule has 1 aliphatic rings. The van der Waals surface area contributed by atoms with Crippen LogP contribution in [0.2, 0.25) is 0 Å². The summed E-state index contributed by atoms with van der Waals surface area (Å²) in [6, 6.07) is 7.20. The maximum atomic E-state index is 11.7. The van der Waals surface area contributed by atoms with Gasteiger partial charge in [0.1, 0.15) is 0 Å². The summed E-state index contributed by atoms with van der Waals surface area (Å²) in [5.74, 6) is 0.151. The van der Waals surface area contributed by atoms with Crippen LogP contribution in [0.15, 0.2) is 29.2 Å². The Bertz CT molecular complexity index is 520. The normalized spacial score (nSPS) is 27.8. The van der Waals surface area contributed by atoms with Crippen molar-refractivity contribution in [3.05, 3.63) is 29.8 Å². The lowest BCUT2D eigenvalue weighted by Gasteiger charge is -2.08. The SMILES string of the molecule is CC1(C)[C@@H](N)[C@@H]1c1ccccc1S(C)(=O)=O. The van der Waals surface area contributed by atoms with Gasteiger partial charge in [-0.1, -0.05) is 32.0 Å². The van der Waals surface area contributed by atoms with Gasteiger partial charge in [0.05, 0.1) is 4.90 Å². The first-order chi connectivity index (χ1) is 7.26. The first kappa shape index (κ1) is 11.6. The van der Waals surface area contributed by atoms with Gasteiger partial charge in [0.25, 0.3) is 0 Å². The maximum Gasteiger partial charge on any atom is 0.175 e. The van der Waals surface area contributed by atoms with Gasteiger partial charge < -0.3 is 5.73 Å². The minimum atomic E-state index is -3.17. The number of benzene rings is 1. The predicted molar refractivity (Wildman–Crippen MR) is 64.0 cm³/mol. The van der Waals surface area contributed by atoms with Gasteiger partial charge in [-0.25, -0.2) is 8.42 Å². The van der Waals surface area contributed by atoms with Gasteiger partial charge >= 0.3 is 0 Å². The first-order valence-electron chi connectivity index (χ1n) is 5.31. The fourth-order valence-corrected chi connectivity index (χ4v) is 3.30. The number of hydrogen-bond donors (Lipinski definition) is 1. The third-order valence-electron chi connectivity index (χ3n) is 3.56. The molecule has 2 rings (SSSR count). The van der Waals surface area contributed by atoms with Crippen LogP contribution in [0.25, 0.3) is 0 Å². The molecule has 1 fully saturated rings. The van der Waals surface area contributed by atoms with E-state index in [1.165, 1.54) is 6.26 Å². The molecule has 1 saturated carbocycles. The summed E-state index contributed by atoms with van der Waals surface area (Å²) in [4.78, 5) is 0.418. The Labute approximate surface area is 96.6 Å². The summed E-state index contributed by atoms with van der Waals surface area (Å²) >= 11 is 0. The van der Waals surface area contributed by atoms with Gasteiger partial charge in [-0.15, -0.1) is 0 Å². The Morgan fingerprint density at radius 2 is 1.75 bits per heavy atom. The average molecular weight is 239 g/mol. The van der Waals surface area contributed by atoms with Gasteiger partial charge in [-0.3, -0.25) is 0 Å². The Hall–Kier alpha value is -0.870. The van der Waals surface area contributed by atoms with Gasteiger partial charge in [-0.05, 0) is 17.0 Å². The van der Waals surface area contributed by atoms with E-state index < -0.39 is 9.84 Å². The molecule has 0 heterocycles. The van der Waals surface area contributed by atoms with Crippen LogP contribution in [0.4, 0.5) is 0 Å². The number of rotatable bonds is 2. The van der Waals surface area contributed by atoms with Crippen LogP contribution in [0.1, 0.15) is 25.3 Å². The van der Waals surface area contributed by atoms with E-state index in [0.717, 1.165) is 5.56 Å². The van der Waals surface area contributed by atoms with Crippen LogP contribution >= 0.6 is 0 Å². The molecule has 2 N–H and O–H groups in total. The van der Waals surface area contributed by atoms with Crippen molar-refractivity contribution in [1.82, 2.24) is 0 Å². The summed E-state index contributed by atoms with van der Waals surface area (Å²) in [5, 5.41) is 0. The summed E-state index contributed by atoms with van der Waals surface area (Å²) in [7, 11) is -3.17. The Morgan fingerprint density at radius 3 is 2.19 bits per heavy atom. The van der Waals surface area contributed by atoms with Crippen LogP contribution in [0.5, 0.6) is 0 Å². The molecule has 1 aromatic rings. The average Bonchev–Trinajstić information content (AvgIpc) is 2.65. The predicted octanol–water partition coefficient (Wildman–Crippen LogP) is 1.54. The van der Waals surface area contributed by atoms with Crippen molar-refractivity contribution in [2.45, 2.75) is 30.7 Å². The second kappa shape index (κ2) is 3.31. The quantitative estimate of drug-likeness (QED) is 0.851. The Balaban J connectivity index is 2.52. The van der Waals surface area contributed by atoms with Crippen molar-refractivity contribution < 1.29 is 8.42 Å². The largest absolute Gasteiger partial charge is 0.327 e. The number of hydrogen-bond acceptors (Lipinski definition) is 3. The van der Waals surface area contributed by atoms with Gasteiger partial charge in [0, 0.05) is 18.2 Å². The van der Waals surface area contributed by atoms with E-state index in [0.29, 0.717) is 4.90 Å². The molecule has 88 valence electrons. The smallest absolute Gasteiger partial charge is 0.175 e. The zero-order chi connectivity index (χ0) is 12.1. The molecule has 0 aliphatic heterocycles. The van der Waals surface area contributed by atoms with E-state index in [9.17, 15) is 8.42 Å². The highest BCUT2D eigenvalue weighted by Crippen LogP contribution is 2.58. The molecule has 0 bridgehead atoms. The van der Waals surface area contributed by atoms with Crippen molar-refractivity contribution >= 4 is 9.84 Å². The molecule has 0 unspecified atom stereocenters. The summed E-state index contributed by atoms with van der Waals surface area (Å²) < 4.78 is 23.3. The van der Waals surface area contributed by atoms with Crippen molar-refractivity contribution in [2.75, 3.05) is 6.26 Å². The summed E-state index contributed by atoms with van der Waals surface area (Å²) in [5.41, 5.74) is 6.86. The van der Waals surface area contributed by atoms with Crippen molar-refractivity contribution in [1.29, 1.82) is 0 Å². The van der Waals surface area contributed by atoms with E-state index in [-0.39, 0.29) is 17.4 Å². The molecule has 0 saturated heterocycles. The molecule has 16 heavy (non-hydrogen) atoms. The van der Waals surface area contributed by atoms with E-state index in [4.69, 9.17) is 5.73 Å². The van der Waals surface area contributed by atoms with Crippen LogP contribution in [0.3, 0.4) is 0 Å². The zero-order valence-corrected chi connectivity index (χ0v) is 10.6. The molecular formula is C12H17NO2S. The molecule has 0 spiro atoms. The van der Waals surface area contributed by atoms with Gasteiger partial charge in [-0.2, -0.15) is 0 Å². The lowest BCUT2D eigenvalue weighted by molar-refractivity contribution is 0.590. The topological polar surface area (TPSA) is 60.2 Å². The van der Waals surface area contributed by atoms with Crippen molar-refractivity contribution in [3.63, 3.8) is 0 Å². The van der Waals surface area contributed by atoms with Crippen molar-refractivity contribution in [2.24, 2.45) is 11.1 Å². The molecule has 0 aromatic heterocycles. The molecule has 3 nitrogen and oxygen atoms in total. The fraction of sp³-hybridized carbons (Fsp3) is 0.500. The molecule has 0 radical (unpaired) electrons. The highest BCUT2D eigenvalue weighted by Gasteiger charge is 2.57. The maximum absolute atomic E-state index is 11.7. The highest BCUT2D eigenvalue weighted by molar-refractivity contribution is 7.90. The van der Waals surface area contributed by atoms with E-state index >= 15 is 0 Å². The van der Waals surface area contributed by atoms with Crippen molar-refractivity contribution in [3.8, 4) is 0 Å². The highest BCUT2D eigenvalue weighted by atomic mass is 32.2. The third-order valence-corrected chi connectivity index (χ3v) is 4.73. The molecule has 1 aromatic carbocycles. The number of sulfone groups is 1. The van der Waals surface area contributed by atoms with Gasteiger partial charge in [0.2, 0.25) is 0 Å². The molecule has 4 heteroatoms. The molecule has 0 amide bonds. The van der Waals surface area contributed by atoms with Crippen LogP contribution in [-0.4, -0.2) is 20.7 Å².